The van der Waals surface area contributed by atoms with Gasteiger partial charge in [-0.2, -0.15) is 0 Å². The van der Waals surface area contributed by atoms with Crippen LogP contribution in [0.5, 0.6) is 17.2 Å². The number of methoxy groups -OCH3 is 3. The van der Waals surface area contributed by atoms with Crippen LogP contribution in [0.4, 0.5) is 5.69 Å². The molecule has 2 atom stereocenters. The Morgan fingerprint density at radius 2 is 1.65 bits per heavy atom. The minimum absolute atomic E-state index is 0.0260. The van der Waals surface area contributed by atoms with E-state index in [-0.39, 0.29) is 23.2 Å². The highest BCUT2D eigenvalue weighted by molar-refractivity contribution is 5.86. The summed E-state index contributed by atoms with van der Waals surface area (Å²) in [4.78, 5) is 44.4. The number of fused-ring (bicyclic) bond motifs is 3. The second-order valence-electron chi connectivity index (χ2n) is 12.9. The number of carbonyl (C=O) groups excluding carboxylic acids is 2. The van der Waals surface area contributed by atoms with Crippen molar-refractivity contribution in [2.24, 2.45) is 5.92 Å². The van der Waals surface area contributed by atoms with Gasteiger partial charge in [0.15, 0.2) is 11.5 Å². The van der Waals surface area contributed by atoms with Gasteiger partial charge in [0, 0.05) is 45.2 Å². The van der Waals surface area contributed by atoms with Gasteiger partial charge >= 0.3 is 0 Å². The van der Waals surface area contributed by atoms with E-state index in [2.05, 4.69) is 39.8 Å². The predicted octanol–water partition coefficient (Wildman–Crippen LogP) is 5.16. The second kappa shape index (κ2) is 16.0. The Balaban J connectivity index is 1.42. The molecule has 2 amide bonds. The smallest absolute Gasteiger partial charge is 0.245 e. The molecule has 2 aliphatic rings. The zero-order valence-corrected chi connectivity index (χ0v) is 29.4. The van der Waals surface area contributed by atoms with Crippen molar-refractivity contribution in [3.63, 3.8) is 0 Å². The van der Waals surface area contributed by atoms with Gasteiger partial charge in [-0.1, -0.05) is 62.4 Å². The van der Waals surface area contributed by atoms with Gasteiger partial charge in [0.1, 0.15) is 6.04 Å². The van der Waals surface area contributed by atoms with Crippen molar-refractivity contribution < 1.29 is 23.8 Å². The number of nitrogens with zero attached hydrogens (tertiary/aromatic N) is 2. The molecule has 0 spiro atoms. The van der Waals surface area contributed by atoms with Crippen LogP contribution in [0.15, 0.2) is 65.5 Å². The Labute approximate surface area is 289 Å². The fraction of sp³-hybridized carbons (Fsp3) is 0.410. The van der Waals surface area contributed by atoms with Crippen LogP contribution in [0, 0.1) is 5.92 Å². The first-order valence-electron chi connectivity index (χ1n) is 16.9. The molecular weight excluding hydrogens is 620 g/mol. The third-order valence-corrected chi connectivity index (χ3v) is 9.32. The van der Waals surface area contributed by atoms with Crippen LogP contribution in [0.1, 0.15) is 49.9 Å². The van der Waals surface area contributed by atoms with Gasteiger partial charge in [0.2, 0.25) is 23.0 Å². The van der Waals surface area contributed by atoms with Crippen LogP contribution in [0.2, 0.25) is 0 Å². The number of amides is 2. The minimum Gasteiger partial charge on any atom is -0.493 e. The third kappa shape index (κ3) is 8.08. The molecule has 10 heteroatoms. The quantitative estimate of drug-likeness (QED) is 0.289. The first kappa shape index (κ1) is 35.5. The molecule has 0 radical (unpaired) electrons. The molecule has 2 N–H and O–H groups in total. The molecule has 260 valence electrons. The van der Waals surface area contributed by atoms with Crippen LogP contribution in [-0.4, -0.2) is 81.7 Å². The van der Waals surface area contributed by atoms with Crippen molar-refractivity contribution in [3.05, 3.63) is 87.6 Å². The summed E-state index contributed by atoms with van der Waals surface area (Å²) in [7, 11) is 4.70. The number of benzene rings is 2. The maximum absolute atomic E-state index is 13.9. The lowest BCUT2D eigenvalue weighted by atomic mass is 9.95. The van der Waals surface area contributed by atoms with Crippen LogP contribution >= 0.6 is 0 Å². The van der Waals surface area contributed by atoms with E-state index in [0.717, 1.165) is 36.3 Å². The van der Waals surface area contributed by atoms with E-state index < -0.39 is 12.1 Å². The zero-order valence-electron chi connectivity index (χ0n) is 29.4. The Morgan fingerprint density at radius 3 is 2.29 bits per heavy atom. The summed E-state index contributed by atoms with van der Waals surface area (Å²) < 4.78 is 17.2. The van der Waals surface area contributed by atoms with E-state index in [1.165, 1.54) is 12.5 Å². The molecule has 1 saturated heterocycles. The zero-order chi connectivity index (χ0) is 35.1. The number of anilines is 1. The summed E-state index contributed by atoms with van der Waals surface area (Å²) in [6.45, 7) is 9.03. The number of carbonyl (C=O) groups is 2. The molecule has 0 aromatic heterocycles. The van der Waals surface area contributed by atoms with Gasteiger partial charge in [-0.15, -0.1) is 0 Å². The summed E-state index contributed by atoms with van der Waals surface area (Å²) in [5, 5.41) is 6.37. The van der Waals surface area contributed by atoms with Crippen LogP contribution in [-0.2, 0) is 16.0 Å². The van der Waals surface area contributed by atoms with E-state index in [1.807, 2.05) is 49.1 Å². The number of nitrogens with one attached hydrogen (secondary N) is 2. The second-order valence-corrected chi connectivity index (χ2v) is 12.9. The molecule has 1 aliphatic carbocycles. The summed E-state index contributed by atoms with van der Waals surface area (Å²) in [5.74, 6) is 1.16. The van der Waals surface area contributed by atoms with Crippen molar-refractivity contribution in [3.8, 4) is 28.4 Å². The maximum atomic E-state index is 13.9. The van der Waals surface area contributed by atoms with Gasteiger partial charge in [0.25, 0.3) is 0 Å². The Morgan fingerprint density at radius 1 is 0.939 bits per heavy atom. The van der Waals surface area contributed by atoms with E-state index >= 15 is 0 Å². The largest absolute Gasteiger partial charge is 0.493 e. The molecular formula is C39H48N4O6. The molecule has 49 heavy (non-hydrogen) atoms. The van der Waals surface area contributed by atoms with Crippen molar-refractivity contribution in [1.29, 1.82) is 0 Å². The van der Waals surface area contributed by atoms with Crippen LogP contribution in [0.3, 0.4) is 0 Å². The van der Waals surface area contributed by atoms with E-state index in [0.29, 0.717) is 54.4 Å². The van der Waals surface area contributed by atoms with Crippen molar-refractivity contribution >= 4 is 23.6 Å². The summed E-state index contributed by atoms with van der Waals surface area (Å²) in [6.07, 6.45) is 5.45. The van der Waals surface area contributed by atoms with Gasteiger partial charge in [-0.05, 0) is 59.2 Å². The van der Waals surface area contributed by atoms with Crippen LogP contribution in [0.25, 0.3) is 17.2 Å². The molecule has 0 bridgehead atoms. The number of aryl methyl sites for hydroxylation is 1. The lowest BCUT2D eigenvalue weighted by Crippen LogP contribution is -2.54. The summed E-state index contributed by atoms with van der Waals surface area (Å²) in [6, 6.07) is 16.3. The van der Waals surface area contributed by atoms with E-state index in [1.54, 1.807) is 33.5 Å². The van der Waals surface area contributed by atoms with E-state index in [4.69, 9.17) is 14.2 Å². The number of hydrogen-bond acceptors (Lipinski definition) is 8. The van der Waals surface area contributed by atoms with E-state index in [9.17, 15) is 14.4 Å². The fourth-order valence-electron chi connectivity index (χ4n) is 6.76. The van der Waals surface area contributed by atoms with Gasteiger partial charge < -0.3 is 29.7 Å². The maximum Gasteiger partial charge on any atom is 0.245 e. The van der Waals surface area contributed by atoms with Gasteiger partial charge in [-0.25, -0.2) is 0 Å². The normalized spacial score (nSPS) is 16.7. The summed E-state index contributed by atoms with van der Waals surface area (Å²) in [5.41, 5.74) is 4.33. The standard InChI is InChI=1S/C39H48N4O6/c1-25(2)36(39(46)43-21-19-42(20-22-43)18-10-13-27-11-8-7-9-12-27)41-32-17-15-29-30(24-33(32)45)31(40-26(3)44)16-14-28-23-34(47-4)37(48-5)38(49-6)35(28)29/h7-13,15,17,23-25,31,36H,14,16,18-22H2,1-6H3,(H,40,44)(H,41,45)/b13-10+/t31-,36+/m1/s1. The lowest BCUT2D eigenvalue weighted by molar-refractivity contribution is -0.134. The molecule has 1 heterocycles. The molecule has 10 nitrogen and oxygen atoms in total. The highest BCUT2D eigenvalue weighted by Gasteiger charge is 2.32. The highest BCUT2D eigenvalue weighted by Crippen LogP contribution is 2.50. The Bertz CT molecular complexity index is 1730. The average Bonchev–Trinajstić information content (AvgIpc) is 3.34. The van der Waals surface area contributed by atoms with Crippen molar-refractivity contribution in [1.82, 2.24) is 15.1 Å². The molecule has 0 unspecified atom stereocenters. The average molecular weight is 669 g/mol. The lowest BCUT2D eigenvalue weighted by Gasteiger charge is -2.37. The molecule has 3 aromatic rings. The molecule has 5 rings (SSSR count). The Kier molecular flexibility index (Phi) is 11.6. The number of rotatable bonds is 11. The van der Waals surface area contributed by atoms with Crippen molar-refractivity contribution in [2.75, 3.05) is 59.4 Å². The molecule has 1 fully saturated rings. The summed E-state index contributed by atoms with van der Waals surface area (Å²) >= 11 is 0. The predicted molar refractivity (Wildman–Crippen MR) is 193 cm³/mol. The van der Waals surface area contributed by atoms with Crippen LogP contribution < -0.4 is 30.3 Å². The first-order valence-corrected chi connectivity index (χ1v) is 16.9. The van der Waals surface area contributed by atoms with Crippen molar-refractivity contribution in [2.45, 2.75) is 45.7 Å². The molecule has 1 aliphatic heterocycles. The Hall–Kier alpha value is -4.83. The minimum atomic E-state index is -0.600. The van der Waals surface area contributed by atoms with Gasteiger partial charge in [0.05, 0.1) is 33.1 Å². The fourth-order valence-corrected chi connectivity index (χ4v) is 6.76. The number of ether oxygens (including phenoxy) is 3. The third-order valence-electron chi connectivity index (χ3n) is 9.32. The topological polar surface area (TPSA) is 109 Å². The SMILES string of the molecule is COc1cc2c(c(OC)c1OC)-c1ccc(N[C@H](C(=O)N3CCN(C/C=C/c4ccccc4)CC3)C(C)C)c(=O)cc1[C@H](NC(C)=O)CC2. The monoisotopic (exact) mass is 668 g/mol. The number of piperazine rings is 1. The first-order chi connectivity index (χ1) is 23.6. The molecule has 3 aromatic carbocycles. The highest BCUT2D eigenvalue weighted by atomic mass is 16.5. The number of hydrogen-bond donors (Lipinski definition) is 2. The molecule has 0 saturated carbocycles. The van der Waals surface area contributed by atoms with Gasteiger partial charge in [-0.3, -0.25) is 19.3 Å².